The van der Waals surface area contributed by atoms with Crippen molar-refractivity contribution in [3.8, 4) is 0 Å². The lowest BCUT2D eigenvalue weighted by Crippen LogP contribution is -2.61. The van der Waals surface area contributed by atoms with Gasteiger partial charge in [0.15, 0.2) is 12.6 Å². The third-order valence-electron chi connectivity index (χ3n) is 13.2. The summed E-state index contributed by atoms with van der Waals surface area (Å²) < 4.78 is 34.3. The highest BCUT2D eigenvalue weighted by atomic mass is 16.7. The van der Waals surface area contributed by atoms with Crippen molar-refractivity contribution in [1.82, 2.24) is 0 Å². The lowest BCUT2D eigenvalue weighted by Gasteiger charge is -2.42. The molecule has 7 N–H and O–H groups in total. The number of aliphatic hydroxyl groups excluding tert-OH is 7. The van der Waals surface area contributed by atoms with Crippen molar-refractivity contribution in [3.63, 3.8) is 0 Å². The molecule has 2 fully saturated rings. The fourth-order valence-electron chi connectivity index (χ4n) is 8.73. The molecule has 68 heavy (non-hydrogen) atoms. The van der Waals surface area contributed by atoms with Crippen molar-refractivity contribution in [2.24, 2.45) is 0 Å². The Hall–Kier alpha value is -1.53. The first kappa shape index (κ1) is 62.6. The Bertz CT molecular complexity index is 1220. The van der Waals surface area contributed by atoms with Crippen molar-refractivity contribution in [2.75, 3.05) is 33.0 Å². The first-order chi connectivity index (χ1) is 33.1. The van der Waals surface area contributed by atoms with Crippen LogP contribution in [-0.4, -0.2) is 142 Å². The van der Waals surface area contributed by atoms with Crippen LogP contribution in [0.1, 0.15) is 213 Å². The molecule has 400 valence electrons. The van der Waals surface area contributed by atoms with Crippen molar-refractivity contribution in [2.45, 2.75) is 280 Å². The van der Waals surface area contributed by atoms with Gasteiger partial charge in [-0.2, -0.15) is 0 Å². The molecule has 2 rings (SSSR count). The number of unbranched alkanes of at least 4 members (excludes halogenated alkanes) is 26. The summed E-state index contributed by atoms with van der Waals surface area (Å²) in [5, 5.41) is 72.2. The summed E-state index contributed by atoms with van der Waals surface area (Å²) in [6.45, 7) is 3.68. The van der Waals surface area contributed by atoms with Gasteiger partial charge in [-0.25, -0.2) is 0 Å². The maximum absolute atomic E-state index is 13.0. The van der Waals surface area contributed by atoms with Gasteiger partial charge in [-0.1, -0.05) is 186 Å². The van der Waals surface area contributed by atoms with E-state index in [1.54, 1.807) is 0 Å². The van der Waals surface area contributed by atoms with E-state index < -0.39 is 80.7 Å². The Kier molecular flexibility index (Phi) is 38.7. The van der Waals surface area contributed by atoms with Crippen LogP contribution in [0, 0.1) is 0 Å². The minimum atomic E-state index is -1.71. The minimum Gasteiger partial charge on any atom is -0.457 e. The molecule has 2 heterocycles. The standard InChI is InChI=1S/C54H100O14/c1-3-5-7-9-11-13-15-17-19-20-21-22-24-26-28-30-32-34-36-38-63-40-43(66-46(56)37-35-33-31-29-27-25-23-18-16-14-12-10-8-6-4-2)41-64-53-52(62)50(60)48(58)45(68-53)42-65-54-51(61)49(59)47(57)44(39-55)67-54/h12,14,18,23,43-45,47-55,57-62H,3-11,13,15-17,19-22,24-42H2,1-2H3/b14-12-,23-18-. The summed E-state index contributed by atoms with van der Waals surface area (Å²) in [5.74, 6) is -0.386. The van der Waals surface area contributed by atoms with Crippen LogP contribution in [0.25, 0.3) is 0 Å². The molecule has 0 amide bonds. The van der Waals surface area contributed by atoms with Gasteiger partial charge in [-0.05, 0) is 44.9 Å². The highest BCUT2D eigenvalue weighted by Gasteiger charge is 2.47. The van der Waals surface area contributed by atoms with Gasteiger partial charge in [-0.3, -0.25) is 4.79 Å². The molecule has 0 saturated carbocycles. The first-order valence-electron chi connectivity index (χ1n) is 27.4. The molecule has 0 spiro atoms. The highest BCUT2D eigenvalue weighted by Crippen LogP contribution is 2.26. The summed E-state index contributed by atoms with van der Waals surface area (Å²) in [7, 11) is 0. The van der Waals surface area contributed by atoms with Crippen LogP contribution in [0.15, 0.2) is 24.3 Å². The van der Waals surface area contributed by atoms with E-state index in [0.717, 1.165) is 64.2 Å². The quantitative estimate of drug-likeness (QED) is 0.0173. The zero-order valence-corrected chi connectivity index (χ0v) is 42.6. The third-order valence-corrected chi connectivity index (χ3v) is 13.2. The number of carbonyl (C=O) groups excluding carboxylic acids is 1. The Morgan fingerprint density at radius 2 is 0.912 bits per heavy atom. The van der Waals surface area contributed by atoms with E-state index in [-0.39, 0.29) is 25.6 Å². The van der Waals surface area contributed by atoms with E-state index in [9.17, 15) is 40.5 Å². The van der Waals surface area contributed by atoms with E-state index in [0.29, 0.717) is 13.0 Å². The van der Waals surface area contributed by atoms with Gasteiger partial charge in [-0.15, -0.1) is 0 Å². The van der Waals surface area contributed by atoms with Gasteiger partial charge in [0.2, 0.25) is 0 Å². The second-order valence-corrected chi connectivity index (χ2v) is 19.4. The van der Waals surface area contributed by atoms with Crippen LogP contribution in [0.4, 0.5) is 0 Å². The molecule has 0 aromatic rings. The molecule has 11 unspecified atom stereocenters. The molecule has 2 saturated heterocycles. The van der Waals surface area contributed by atoms with Gasteiger partial charge in [0.25, 0.3) is 0 Å². The molecule has 0 aliphatic carbocycles. The number of esters is 1. The van der Waals surface area contributed by atoms with Crippen LogP contribution >= 0.6 is 0 Å². The van der Waals surface area contributed by atoms with Gasteiger partial charge in [0, 0.05) is 13.0 Å². The monoisotopic (exact) mass is 973 g/mol. The number of aliphatic hydroxyl groups is 7. The molecule has 2 aliphatic rings. The molecule has 0 aromatic carbocycles. The van der Waals surface area contributed by atoms with Crippen molar-refractivity contribution in [3.05, 3.63) is 24.3 Å². The zero-order chi connectivity index (χ0) is 49.5. The van der Waals surface area contributed by atoms with Gasteiger partial charge in [0.1, 0.15) is 54.9 Å². The topological polar surface area (TPSA) is 214 Å². The largest absolute Gasteiger partial charge is 0.457 e. The third kappa shape index (κ3) is 29.1. The van der Waals surface area contributed by atoms with Crippen LogP contribution in [0.2, 0.25) is 0 Å². The van der Waals surface area contributed by atoms with Crippen LogP contribution in [-0.2, 0) is 33.2 Å². The van der Waals surface area contributed by atoms with Gasteiger partial charge < -0.3 is 64.2 Å². The molecule has 2 aliphatic heterocycles. The molecule has 14 nitrogen and oxygen atoms in total. The van der Waals surface area contributed by atoms with Gasteiger partial charge in [0.05, 0.1) is 26.4 Å². The molecule has 0 aromatic heterocycles. The lowest BCUT2D eigenvalue weighted by molar-refractivity contribution is -0.332. The van der Waals surface area contributed by atoms with Crippen LogP contribution < -0.4 is 0 Å². The highest BCUT2D eigenvalue weighted by molar-refractivity contribution is 5.69. The number of carbonyl (C=O) groups is 1. The Morgan fingerprint density at radius 1 is 0.485 bits per heavy atom. The molecular weight excluding hydrogens is 873 g/mol. The van der Waals surface area contributed by atoms with E-state index >= 15 is 0 Å². The van der Waals surface area contributed by atoms with Crippen molar-refractivity contribution < 1.29 is 69.0 Å². The molecule has 0 radical (unpaired) electrons. The number of hydrogen-bond acceptors (Lipinski definition) is 14. The Labute approximate surface area is 411 Å². The minimum absolute atomic E-state index is 0.0601. The number of ether oxygens (including phenoxy) is 6. The van der Waals surface area contributed by atoms with E-state index in [4.69, 9.17) is 28.4 Å². The number of rotatable bonds is 44. The molecular formula is C54H100O14. The van der Waals surface area contributed by atoms with E-state index in [1.165, 1.54) is 122 Å². The average Bonchev–Trinajstić information content (AvgIpc) is 3.33. The number of hydrogen-bond donors (Lipinski definition) is 7. The zero-order valence-electron chi connectivity index (χ0n) is 42.6. The Balaban J connectivity index is 1.74. The predicted molar refractivity (Wildman–Crippen MR) is 266 cm³/mol. The first-order valence-corrected chi connectivity index (χ1v) is 27.4. The van der Waals surface area contributed by atoms with E-state index in [1.807, 2.05) is 0 Å². The fraction of sp³-hybridized carbons (Fsp3) is 0.907. The second-order valence-electron chi connectivity index (χ2n) is 19.4. The van der Waals surface area contributed by atoms with Crippen LogP contribution in [0.5, 0.6) is 0 Å². The normalized spacial score (nSPS) is 26.0. The predicted octanol–water partition coefficient (Wildman–Crippen LogP) is 8.80. The summed E-state index contributed by atoms with van der Waals surface area (Å²) in [5.41, 5.74) is 0. The van der Waals surface area contributed by atoms with Crippen LogP contribution in [0.3, 0.4) is 0 Å². The van der Waals surface area contributed by atoms with E-state index in [2.05, 4.69) is 38.2 Å². The summed E-state index contributed by atoms with van der Waals surface area (Å²) in [6, 6.07) is 0. The molecule has 11 atom stereocenters. The SMILES string of the molecule is CCCCC/C=C\C/C=C\CCCCCCCC(=O)OC(COCCCCCCCCCCCCCCCCCCCCC)COC1OC(COC2OC(CO)C(O)C(O)C2O)C(O)C(O)C1O. The van der Waals surface area contributed by atoms with Crippen molar-refractivity contribution >= 4 is 5.97 Å². The number of allylic oxidation sites excluding steroid dienone is 4. The van der Waals surface area contributed by atoms with Gasteiger partial charge >= 0.3 is 5.97 Å². The smallest absolute Gasteiger partial charge is 0.306 e. The maximum atomic E-state index is 13.0. The van der Waals surface area contributed by atoms with Crippen molar-refractivity contribution in [1.29, 1.82) is 0 Å². The molecule has 0 bridgehead atoms. The second kappa shape index (κ2) is 42.0. The summed E-state index contributed by atoms with van der Waals surface area (Å²) >= 11 is 0. The Morgan fingerprint density at radius 3 is 1.44 bits per heavy atom. The maximum Gasteiger partial charge on any atom is 0.306 e. The fourth-order valence-corrected chi connectivity index (χ4v) is 8.73. The molecule has 14 heteroatoms. The lowest BCUT2D eigenvalue weighted by atomic mass is 9.98. The summed E-state index contributed by atoms with van der Waals surface area (Å²) in [6.07, 6.45) is 29.5. The summed E-state index contributed by atoms with van der Waals surface area (Å²) in [4.78, 5) is 13.0. The average molecular weight is 973 g/mol.